The van der Waals surface area contributed by atoms with Gasteiger partial charge in [0, 0.05) is 6.04 Å². The summed E-state index contributed by atoms with van der Waals surface area (Å²) in [6, 6.07) is 3.99. The molecule has 3 nitrogen and oxygen atoms in total. The molecule has 2 N–H and O–H groups in total. The van der Waals surface area contributed by atoms with E-state index < -0.39 is 0 Å². The van der Waals surface area contributed by atoms with Crippen LogP contribution >= 0.6 is 0 Å². The summed E-state index contributed by atoms with van der Waals surface area (Å²) in [5.41, 5.74) is 1.92. The number of rotatable bonds is 2. The molecule has 0 amide bonds. The van der Waals surface area contributed by atoms with Crippen molar-refractivity contribution in [1.29, 1.82) is 0 Å². The molecule has 1 fully saturated rings. The van der Waals surface area contributed by atoms with Gasteiger partial charge in [0.25, 0.3) is 0 Å². The van der Waals surface area contributed by atoms with Gasteiger partial charge in [-0.25, -0.2) is 0 Å². The minimum atomic E-state index is 0.237. The highest BCUT2D eigenvalue weighted by Gasteiger charge is 2.23. The monoisotopic (exact) mass is 207 g/mol. The largest absolute Gasteiger partial charge is 0.507 e. The van der Waals surface area contributed by atoms with E-state index >= 15 is 0 Å². The van der Waals surface area contributed by atoms with Gasteiger partial charge in [-0.15, -0.1) is 0 Å². The van der Waals surface area contributed by atoms with Crippen LogP contribution in [0.3, 0.4) is 0 Å². The first kappa shape index (κ1) is 10.3. The standard InChI is InChI=1S/C12H17NO2/c1-8-6-10(14)12(11(7-8)15-2)9-4-3-5-13-9/h6-7,9,13-14H,3-5H2,1-2H3/t9-/m1/s1. The average molecular weight is 207 g/mol. The molecular formula is C12H17NO2. The van der Waals surface area contributed by atoms with E-state index in [0.717, 1.165) is 36.3 Å². The SMILES string of the molecule is COc1cc(C)cc(O)c1[C@H]1CCCN1. The number of phenolic OH excluding ortho intramolecular Hbond substituents is 1. The Labute approximate surface area is 90.1 Å². The Morgan fingerprint density at radius 1 is 1.47 bits per heavy atom. The summed E-state index contributed by atoms with van der Waals surface area (Å²) < 4.78 is 5.32. The molecule has 1 aromatic carbocycles. The maximum absolute atomic E-state index is 9.94. The van der Waals surface area contributed by atoms with Crippen molar-refractivity contribution >= 4 is 0 Å². The zero-order valence-corrected chi connectivity index (χ0v) is 9.21. The van der Waals surface area contributed by atoms with Crippen molar-refractivity contribution in [2.24, 2.45) is 0 Å². The van der Waals surface area contributed by atoms with Crippen LogP contribution in [-0.4, -0.2) is 18.8 Å². The summed E-state index contributed by atoms with van der Waals surface area (Å²) >= 11 is 0. The van der Waals surface area contributed by atoms with Crippen molar-refractivity contribution in [3.8, 4) is 11.5 Å². The molecule has 1 atom stereocenters. The predicted molar refractivity (Wildman–Crippen MR) is 59.4 cm³/mol. The Bertz CT molecular complexity index is 357. The van der Waals surface area contributed by atoms with E-state index in [-0.39, 0.29) is 6.04 Å². The quantitative estimate of drug-likeness (QED) is 0.780. The minimum absolute atomic E-state index is 0.237. The van der Waals surface area contributed by atoms with Gasteiger partial charge in [0.2, 0.25) is 0 Å². The zero-order valence-electron chi connectivity index (χ0n) is 9.21. The number of nitrogens with one attached hydrogen (secondary N) is 1. The van der Waals surface area contributed by atoms with Crippen LogP contribution in [0.25, 0.3) is 0 Å². The Morgan fingerprint density at radius 3 is 2.87 bits per heavy atom. The predicted octanol–water partition coefficient (Wildman–Crippen LogP) is 2.13. The smallest absolute Gasteiger partial charge is 0.127 e. The van der Waals surface area contributed by atoms with Crippen molar-refractivity contribution in [3.63, 3.8) is 0 Å². The lowest BCUT2D eigenvalue weighted by Gasteiger charge is -2.17. The maximum atomic E-state index is 9.94. The van der Waals surface area contributed by atoms with Gasteiger partial charge in [-0.2, -0.15) is 0 Å². The fraction of sp³-hybridized carbons (Fsp3) is 0.500. The van der Waals surface area contributed by atoms with Crippen LogP contribution in [0.5, 0.6) is 11.5 Å². The Hall–Kier alpha value is -1.22. The first-order valence-electron chi connectivity index (χ1n) is 5.33. The van der Waals surface area contributed by atoms with Gasteiger partial charge in [-0.1, -0.05) is 0 Å². The molecule has 1 aliphatic heterocycles. The fourth-order valence-corrected chi connectivity index (χ4v) is 2.20. The lowest BCUT2D eigenvalue weighted by molar-refractivity contribution is 0.389. The summed E-state index contributed by atoms with van der Waals surface area (Å²) in [6.07, 6.45) is 2.22. The van der Waals surface area contributed by atoms with Crippen LogP contribution in [0.1, 0.15) is 30.0 Å². The minimum Gasteiger partial charge on any atom is -0.507 e. The van der Waals surface area contributed by atoms with Crippen LogP contribution in [0, 0.1) is 6.92 Å². The van der Waals surface area contributed by atoms with Crippen LogP contribution in [0.4, 0.5) is 0 Å². The second-order valence-corrected chi connectivity index (χ2v) is 4.05. The normalized spacial score (nSPS) is 20.5. The third-order valence-electron chi connectivity index (χ3n) is 2.89. The Balaban J connectivity index is 2.43. The summed E-state index contributed by atoms with van der Waals surface area (Å²) in [5, 5.41) is 13.3. The number of ether oxygens (including phenoxy) is 1. The third kappa shape index (κ3) is 1.92. The van der Waals surface area contributed by atoms with Gasteiger partial charge in [-0.3, -0.25) is 0 Å². The molecule has 1 heterocycles. The lowest BCUT2D eigenvalue weighted by Crippen LogP contribution is -2.14. The van der Waals surface area contributed by atoms with Gasteiger partial charge < -0.3 is 15.2 Å². The van der Waals surface area contributed by atoms with Crippen molar-refractivity contribution < 1.29 is 9.84 Å². The molecule has 0 bridgehead atoms. The average Bonchev–Trinajstić information content (AvgIpc) is 2.69. The number of phenols is 1. The molecule has 2 rings (SSSR count). The number of aromatic hydroxyl groups is 1. The van der Waals surface area contributed by atoms with E-state index in [2.05, 4.69) is 5.32 Å². The molecule has 3 heteroatoms. The molecule has 82 valence electrons. The van der Waals surface area contributed by atoms with Crippen LogP contribution in [-0.2, 0) is 0 Å². The van der Waals surface area contributed by atoms with Gasteiger partial charge in [-0.05, 0) is 44.0 Å². The van der Waals surface area contributed by atoms with Crippen molar-refractivity contribution in [2.75, 3.05) is 13.7 Å². The molecule has 0 aromatic heterocycles. The molecular weight excluding hydrogens is 190 g/mol. The molecule has 0 radical (unpaired) electrons. The lowest BCUT2D eigenvalue weighted by atomic mass is 10.0. The van der Waals surface area contributed by atoms with E-state index in [0.29, 0.717) is 5.75 Å². The molecule has 1 saturated heterocycles. The molecule has 0 spiro atoms. The summed E-state index contributed by atoms with van der Waals surface area (Å²) in [5.74, 6) is 1.12. The molecule has 0 unspecified atom stereocenters. The highest BCUT2D eigenvalue weighted by Crippen LogP contribution is 2.38. The number of aryl methyl sites for hydroxylation is 1. The van der Waals surface area contributed by atoms with E-state index in [4.69, 9.17) is 4.74 Å². The fourth-order valence-electron chi connectivity index (χ4n) is 2.20. The molecule has 0 saturated carbocycles. The van der Waals surface area contributed by atoms with Crippen LogP contribution in [0.15, 0.2) is 12.1 Å². The van der Waals surface area contributed by atoms with Crippen molar-refractivity contribution in [1.82, 2.24) is 5.32 Å². The van der Waals surface area contributed by atoms with Crippen LogP contribution in [0.2, 0.25) is 0 Å². The summed E-state index contributed by atoms with van der Waals surface area (Å²) in [6.45, 7) is 2.97. The van der Waals surface area contributed by atoms with Crippen molar-refractivity contribution in [3.05, 3.63) is 23.3 Å². The van der Waals surface area contributed by atoms with E-state index in [1.165, 1.54) is 0 Å². The second kappa shape index (κ2) is 4.11. The Morgan fingerprint density at radius 2 is 2.27 bits per heavy atom. The molecule has 0 aliphatic carbocycles. The molecule has 15 heavy (non-hydrogen) atoms. The van der Waals surface area contributed by atoms with Crippen molar-refractivity contribution in [2.45, 2.75) is 25.8 Å². The van der Waals surface area contributed by atoms with Gasteiger partial charge in [0.1, 0.15) is 11.5 Å². The second-order valence-electron chi connectivity index (χ2n) is 4.05. The van der Waals surface area contributed by atoms with Gasteiger partial charge in [0.15, 0.2) is 0 Å². The Kier molecular flexibility index (Phi) is 2.82. The number of hydrogen-bond donors (Lipinski definition) is 2. The maximum Gasteiger partial charge on any atom is 0.127 e. The first-order valence-corrected chi connectivity index (χ1v) is 5.33. The number of methoxy groups -OCH3 is 1. The van der Waals surface area contributed by atoms with E-state index in [1.807, 2.05) is 13.0 Å². The van der Waals surface area contributed by atoms with E-state index in [1.54, 1.807) is 13.2 Å². The van der Waals surface area contributed by atoms with Gasteiger partial charge in [0.05, 0.1) is 12.7 Å². The van der Waals surface area contributed by atoms with Gasteiger partial charge >= 0.3 is 0 Å². The zero-order chi connectivity index (χ0) is 10.8. The highest BCUT2D eigenvalue weighted by molar-refractivity contribution is 5.49. The van der Waals surface area contributed by atoms with E-state index in [9.17, 15) is 5.11 Å². The number of benzene rings is 1. The highest BCUT2D eigenvalue weighted by atomic mass is 16.5. The summed E-state index contributed by atoms with van der Waals surface area (Å²) in [7, 11) is 1.65. The molecule has 1 aliphatic rings. The number of hydrogen-bond acceptors (Lipinski definition) is 3. The van der Waals surface area contributed by atoms with Crippen LogP contribution < -0.4 is 10.1 Å². The third-order valence-corrected chi connectivity index (χ3v) is 2.89. The molecule has 1 aromatic rings. The summed E-state index contributed by atoms with van der Waals surface area (Å²) in [4.78, 5) is 0. The topological polar surface area (TPSA) is 41.5 Å². The first-order chi connectivity index (χ1) is 7.22.